The summed E-state index contributed by atoms with van der Waals surface area (Å²) in [6.45, 7) is 2.21. The van der Waals surface area contributed by atoms with Crippen LogP contribution in [0, 0.1) is 0 Å². The number of carbonyl (C=O) groups is 1. The first-order valence-corrected chi connectivity index (χ1v) is 8.30. The van der Waals surface area contributed by atoms with Gasteiger partial charge in [0.1, 0.15) is 23.9 Å². The molecule has 0 fully saturated rings. The van der Waals surface area contributed by atoms with Crippen molar-refractivity contribution in [1.82, 2.24) is 5.32 Å². The van der Waals surface area contributed by atoms with Crippen LogP contribution in [0.4, 0.5) is 0 Å². The Kier molecular flexibility index (Phi) is 6.93. The van der Waals surface area contributed by atoms with Crippen molar-refractivity contribution >= 4 is 21.8 Å². The van der Waals surface area contributed by atoms with Crippen LogP contribution in [0.5, 0.6) is 17.2 Å². The first-order valence-electron chi connectivity index (χ1n) is 7.51. The lowest BCUT2D eigenvalue weighted by Crippen LogP contribution is -2.39. The quantitative estimate of drug-likeness (QED) is 0.746. The molecule has 2 aromatic rings. The van der Waals surface area contributed by atoms with Crippen LogP contribution in [0.15, 0.2) is 53.0 Å². The summed E-state index contributed by atoms with van der Waals surface area (Å²) in [6, 6.07) is 14.5. The summed E-state index contributed by atoms with van der Waals surface area (Å²) < 4.78 is 17.1. The molecule has 1 N–H and O–H groups in total. The Hall–Kier alpha value is -2.21. The molecule has 1 unspecified atom stereocenters. The standard InChI is InChI=1S/C18H20BrNO4/c1-13(11-23-17-9-7-15(22-2)8-10-17)20-18(21)12-24-16-5-3-14(19)4-6-16/h3-10,13H,11-12H2,1-2H3,(H,20,21). The Morgan fingerprint density at radius 3 is 2.17 bits per heavy atom. The molecule has 0 aliphatic carbocycles. The van der Waals surface area contributed by atoms with Gasteiger partial charge in [-0.05, 0) is 55.5 Å². The normalized spacial score (nSPS) is 11.5. The minimum atomic E-state index is -0.191. The smallest absolute Gasteiger partial charge is 0.258 e. The predicted molar refractivity (Wildman–Crippen MR) is 95.7 cm³/mol. The summed E-state index contributed by atoms with van der Waals surface area (Å²) in [7, 11) is 1.61. The van der Waals surface area contributed by atoms with Crippen LogP contribution in [0.2, 0.25) is 0 Å². The Bertz CT molecular complexity index is 643. The number of nitrogens with one attached hydrogen (secondary N) is 1. The van der Waals surface area contributed by atoms with Crippen LogP contribution in [0.3, 0.4) is 0 Å². The van der Waals surface area contributed by atoms with E-state index in [-0.39, 0.29) is 18.6 Å². The van der Waals surface area contributed by atoms with Gasteiger partial charge in [-0.15, -0.1) is 0 Å². The number of methoxy groups -OCH3 is 1. The topological polar surface area (TPSA) is 56.8 Å². The summed E-state index contributed by atoms with van der Waals surface area (Å²) in [5.74, 6) is 1.95. The number of amides is 1. The fraction of sp³-hybridized carbons (Fsp3) is 0.278. The van der Waals surface area contributed by atoms with Gasteiger partial charge in [0.2, 0.25) is 0 Å². The molecule has 0 aromatic heterocycles. The van der Waals surface area contributed by atoms with E-state index in [9.17, 15) is 4.79 Å². The molecule has 0 saturated carbocycles. The van der Waals surface area contributed by atoms with Gasteiger partial charge >= 0.3 is 0 Å². The molecule has 2 aromatic carbocycles. The molecule has 2 rings (SSSR count). The van der Waals surface area contributed by atoms with Crippen molar-refractivity contribution in [3.63, 3.8) is 0 Å². The van der Waals surface area contributed by atoms with Crippen molar-refractivity contribution in [2.75, 3.05) is 20.3 Å². The van der Waals surface area contributed by atoms with Gasteiger partial charge in [-0.1, -0.05) is 15.9 Å². The highest BCUT2D eigenvalue weighted by molar-refractivity contribution is 9.10. The van der Waals surface area contributed by atoms with Crippen LogP contribution < -0.4 is 19.5 Å². The fourth-order valence-electron chi connectivity index (χ4n) is 1.93. The number of hydrogen-bond donors (Lipinski definition) is 1. The van der Waals surface area contributed by atoms with E-state index >= 15 is 0 Å². The first-order chi connectivity index (χ1) is 11.6. The van der Waals surface area contributed by atoms with Gasteiger partial charge in [0.25, 0.3) is 5.91 Å². The second kappa shape index (κ2) is 9.17. The third kappa shape index (κ3) is 6.12. The third-order valence-corrected chi connectivity index (χ3v) is 3.68. The molecule has 0 bridgehead atoms. The van der Waals surface area contributed by atoms with Gasteiger partial charge in [-0.3, -0.25) is 4.79 Å². The van der Waals surface area contributed by atoms with Gasteiger partial charge in [0.15, 0.2) is 6.61 Å². The molecule has 6 heteroatoms. The van der Waals surface area contributed by atoms with Crippen molar-refractivity contribution < 1.29 is 19.0 Å². The zero-order valence-electron chi connectivity index (χ0n) is 13.6. The number of halogens is 1. The molecular weight excluding hydrogens is 374 g/mol. The van der Waals surface area contributed by atoms with Crippen molar-refractivity contribution in [2.45, 2.75) is 13.0 Å². The molecule has 0 spiro atoms. The molecular formula is C18H20BrNO4. The second-order valence-corrected chi connectivity index (χ2v) is 6.11. The Morgan fingerprint density at radius 2 is 1.54 bits per heavy atom. The SMILES string of the molecule is COc1ccc(OCC(C)NC(=O)COc2ccc(Br)cc2)cc1. The van der Waals surface area contributed by atoms with E-state index in [1.165, 1.54) is 0 Å². The number of ether oxygens (including phenoxy) is 3. The molecule has 128 valence electrons. The van der Waals surface area contributed by atoms with Gasteiger partial charge in [0, 0.05) is 4.47 Å². The van der Waals surface area contributed by atoms with E-state index in [0.717, 1.165) is 16.0 Å². The zero-order chi connectivity index (χ0) is 17.4. The number of hydrogen-bond acceptors (Lipinski definition) is 4. The molecule has 0 saturated heterocycles. The van der Waals surface area contributed by atoms with E-state index < -0.39 is 0 Å². The van der Waals surface area contributed by atoms with Crippen LogP contribution in [0.25, 0.3) is 0 Å². The fourth-order valence-corrected chi connectivity index (χ4v) is 2.20. The lowest BCUT2D eigenvalue weighted by molar-refractivity contribution is -0.123. The highest BCUT2D eigenvalue weighted by Crippen LogP contribution is 2.17. The lowest BCUT2D eigenvalue weighted by atomic mass is 10.3. The van der Waals surface area contributed by atoms with Crippen LogP contribution in [-0.4, -0.2) is 32.3 Å². The first kappa shape index (κ1) is 18.1. The summed E-state index contributed by atoms with van der Waals surface area (Å²) in [4.78, 5) is 11.9. The number of benzene rings is 2. The third-order valence-electron chi connectivity index (χ3n) is 3.15. The molecule has 0 aliphatic heterocycles. The van der Waals surface area contributed by atoms with E-state index in [2.05, 4.69) is 21.2 Å². The Labute approximate surface area is 150 Å². The largest absolute Gasteiger partial charge is 0.497 e. The molecule has 0 radical (unpaired) electrons. The van der Waals surface area contributed by atoms with Crippen molar-refractivity contribution in [1.29, 1.82) is 0 Å². The average molecular weight is 394 g/mol. The van der Waals surface area contributed by atoms with Crippen LogP contribution >= 0.6 is 15.9 Å². The van der Waals surface area contributed by atoms with Gasteiger partial charge in [-0.2, -0.15) is 0 Å². The monoisotopic (exact) mass is 393 g/mol. The second-order valence-electron chi connectivity index (χ2n) is 5.20. The molecule has 0 heterocycles. The minimum absolute atomic E-state index is 0.0332. The van der Waals surface area contributed by atoms with E-state index in [1.807, 2.05) is 43.3 Å². The predicted octanol–water partition coefficient (Wildman–Crippen LogP) is 3.42. The van der Waals surface area contributed by atoms with Crippen LogP contribution in [-0.2, 0) is 4.79 Å². The summed E-state index contributed by atoms with van der Waals surface area (Å²) >= 11 is 3.35. The van der Waals surface area contributed by atoms with Gasteiger partial charge in [-0.25, -0.2) is 0 Å². The maximum absolute atomic E-state index is 11.9. The molecule has 1 amide bonds. The number of carbonyl (C=O) groups excluding carboxylic acids is 1. The maximum atomic E-state index is 11.9. The summed E-state index contributed by atoms with van der Waals surface area (Å²) in [6.07, 6.45) is 0. The lowest BCUT2D eigenvalue weighted by Gasteiger charge is -2.15. The van der Waals surface area contributed by atoms with E-state index in [4.69, 9.17) is 14.2 Å². The highest BCUT2D eigenvalue weighted by Gasteiger charge is 2.09. The van der Waals surface area contributed by atoms with Crippen molar-refractivity contribution in [2.24, 2.45) is 0 Å². The minimum Gasteiger partial charge on any atom is -0.497 e. The summed E-state index contributed by atoms with van der Waals surface area (Å²) in [5, 5.41) is 2.83. The summed E-state index contributed by atoms with van der Waals surface area (Å²) in [5.41, 5.74) is 0. The van der Waals surface area contributed by atoms with Crippen molar-refractivity contribution in [3.8, 4) is 17.2 Å². The zero-order valence-corrected chi connectivity index (χ0v) is 15.2. The van der Waals surface area contributed by atoms with E-state index in [1.54, 1.807) is 19.2 Å². The van der Waals surface area contributed by atoms with Gasteiger partial charge in [0.05, 0.1) is 13.2 Å². The maximum Gasteiger partial charge on any atom is 0.258 e. The highest BCUT2D eigenvalue weighted by atomic mass is 79.9. The average Bonchev–Trinajstić information content (AvgIpc) is 2.60. The molecule has 24 heavy (non-hydrogen) atoms. The Morgan fingerprint density at radius 1 is 1.00 bits per heavy atom. The Balaban J connectivity index is 1.69. The number of rotatable bonds is 8. The van der Waals surface area contributed by atoms with Crippen LogP contribution in [0.1, 0.15) is 6.92 Å². The van der Waals surface area contributed by atoms with Crippen molar-refractivity contribution in [3.05, 3.63) is 53.0 Å². The van der Waals surface area contributed by atoms with Gasteiger partial charge < -0.3 is 19.5 Å². The molecule has 0 aliphatic rings. The molecule has 5 nitrogen and oxygen atoms in total. The molecule has 1 atom stereocenters. The van der Waals surface area contributed by atoms with E-state index in [0.29, 0.717) is 12.4 Å².